The van der Waals surface area contributed by atoms with Gasteiger partial charge in [0.05, 0.1) is 17.5 Å². The number of fused-ring (bicyclic) bond motifs is 1. The monoisotopic (exact) mass is 377 g/mol. The summed E-state index contributed by atoms with van der Waals surface area (Å²) in [6.45, 7) is 2.05. The molecule has 3 aromatic rings. The Morgan fingerprint density at radius 3 is 2.68 bits per heavy atom. The van der Waals surface area contributed by atoms with Crippen molar-refractivity contribution in [2.45, 2.75) is 38.1 Å². The average molecular weight is 377 g/mol. The quantitative estimate of drug-likeness (QED) is 0.757. The number of hydrogen-bond donors (Lipinski definition) is 1. The van der Waals surface area contributed by atoms with Gasteiger partial charge in [0, 0.05) is 37.0 Å². The molecule has 28 heavy (non-hydrogen) atoms. The van der Waals surface area contributed by atoms with Gasteiger partial charge in [0.1, 0.15) is 0 Å². The molecule has 1 aliphatic carbocycles. The van der Waals surface area contributed by atoms with Crippen molar-refractivity contribution in [3.8, 4) is 0 Å². The maximum absolute atomic E-state index is 12.9. The Bertz CT molecular complexity index is 1070. The minimum atomic E-state index is -0.0245. The number of amides is 1. The van der Waals surface area contributed by atoms with Crippen molar-refractivity contribution in [2.75, 3.05) is 13.1 Å². The predicted molar refractivity (Wildman–Crippen MR) is 105 cm³/mol. The fourth-order valence-corrected chi connectivity index (χ4v) is 4.05. The van der Waals surface area contributed by atoms with E-state index in [-0.39, 0.29) is 11.5 Å². The maximum atomic E-state index is 12.9. The molecular weight excluding hydrogens is 354 g/mol. The largest absolute Gasteiger partial charge is 0.337 e. The fourth-order valence-electron chi connectivity index (χ4n) is 4.05. The molecule has 7 heteroatoms. The number of benzene rings is 1. The fraction of sp³-hybridized carbons (Fsp3) is 0.429. The molecule has 7 nitrogen and oxygen atoms in total. The van der Waals surface area contributed by atoms with Crippen LogP contribution in [0.4, 0.5) is 0 Å². The van der Waals surface area contributed by atoms with E-state index in [4.69, 9.17) is 0 Å². The van der Waals surface area contributed by atoms with E-state index in [2.05, 4.69) is 15.2 Å². The Hall–Kier alpha value is -2.96. The summed E-state index contributed by atoms with van der Waals surface area (Å²) in [6.07, 6.45) is 5.75. The highest BCUT2D eigenvalue weighted by molar-refractivity contribution is 6.04. The SMILES string of the molecule is O=C(c1n[nH]c2ccccc12)N1CCC(Cn2cnc(C3CC3)cc2=O)CC1. The number of carbonyl (C=O) groups is 1. The van der Waals surface area contributed by atoms with Crippen molar-refractivity contribution in [1.29, 1.82) is 0 Å². The second-order valence-corrected chi connectivity index (χ2v) is 7.93. The van der Waals surface area contributed by atoms with Crippen molar-refractivity contribution >= 4 is 16.8 Å². The van der Waals surface area contributed by atoms with Crippen LogP contribution in [0.2, 0.25) is 0 Å². The summed E-state index contributed by atoms with van der Waals surface area (Å²) in [7, 11) is 0. The normalized spacial score (nSPS) is 17.9. The molecule has 0 unspecified atom stereocenters. The summed E-state index contributed by atoms with van der Waals surface area (Å²) in [5, 5.41) is 8.02. The van der Waals surface area contributed by atoms with E-state index in [1.165, 1.54) is 0 Å². The number of hydrogen-bond acceptors (Lipinski definition) is 4. The van der Waals surface area contributed by atoms with Crippen LogP contribution in [-0.2, 0) is 6.54 Å². The highest BCUT2D eigenvalue weighted by atomic mass is 16.2. The molecule has 1 saturated heterocycles. The van der Waals surface area contributed by atoms with E-state index in [0.29, 0.717) is 37.2 Å². The number of H-pyrrole nitrogens is 1. The molecule has 0 bridgehead atoms. The van der Waals surface area contributed by atoms with Gasteiger partial charge in [-0.25, -0.2) is 4.98 Å². The smallest absolute Gasteiger partial charge is 0.274 e. The van der Waals surface area contributed by atoms with E-state index in [0.717, 1.165) is 42.3 Å². The molecule has 0 radical (unpaired) electrons. The minimum absolute atomic E-state index is 0.0245. The first-order valence-corrected chi connectivity index (χ1v) is 9.98. The second-order valence-electron chi connectivity index (χ2n) is 7.93. The van der Waals surface area contributed by atoms with Crippen LogP contribution in [0, 0.1) is 5.92 Å². The third-order valence-electron chi connectivity index (χ3n) is 5.93. The first kappa shape index (κ1) is 17.2. The Balaban J connectivity index is 1.23. The van der Waals surface area contributed by atoms with Crippen LogP contribution in [-0.4, -0.2) is 43.6 Å². The minimum Gasteiger partial charge on any atom is -0.337 e. The molecule has 1 N–H and O–H groups in total. The summed E-state index contributed by atoms with van der Waals surface area (Å²) >= 11 is 0. The number of rotatable bonds is 4. The Kier molecular flexibility index (Phi) is 4.22. The van der Waals surface area contributed by atoms with Gasteiger partial charge in [-0.15, -0.1) is 0 Å². The zero-order chi connectivity index (χ0) is 19.1. The number of likely N-dealkylation sites (tertiary alicyclic amines) is 1. The van der Waals surface area contributed by atoms with Crippen molar-refractivity contribution in [3.05, 3.63) is 58.4 Å². The molecule has 5 rings (SSSR count). The second kappa shape index (κ2) is 6.89. The van der Waals surface area contributed by atoms with Crippen molar-refractivity contribution < 1.29 is 4.79 Å². The molecule has 1 aliphatic heterocycles. The van der Waals surface area contributed by atoms with Crippen LogP contribution in [0.15, 0.2) is 41.5 Å². The summed E-state index contributed by atoms with van der Waals surface area (Å²) < 4.78 is 1.72. The van der Waals surface area contributed by atoms with Crippen LogP contribution in [0.1, 0.15) is 47.8 Å². The van der Waals surface area contributed by atoms with Gasteiger partial charge < -0.3 is 4.90 Å². The molecule has 1 amide bonds. The first-order valence-electron chi connectivity index (χ1n) is 9.98. The molecular formula is C21H23N5O2. The van der Waals surface area contributed by atoms with E-state index < -0.39 is 0 Å². The molecule has 1 aromatic carbocycles. The number of nitrogens with one attached hydrogen (secondary N) is 1. The number of nitrogens with zero attached hydrogens (tertiary/aromatic N) is 4. The lowest BCUT2D eigenvalue weighted by Crippen LogP contribution is -2.40. The lowest BCUT2D eigenvalue weighted by atomic mass is 9.96. The van der Waals surface area contributed by atoms with Crippen molar-refractivity contribution in [1.82, 2.24) is 24.6 Å². The van der Waals surface area contributed by atoms with Crippen LogP contribution in [0.3, 0.4) is 0 Å². The summed E-state index contributed by atoms with van der Waals surface area (Å²) in [6, 6.07) is 9.38. The van der Waals surface area contributed by atoms with Crippen LogP contribution < -0.4 is 5.56 Å². The first-order chi connectivity index (χ1) is 13.7. The van der Waals surface area contributed by atoms with Crippen LogP contribution in [0.25, 0.3) is 10.9 Å². The van der Waals surface area contributed by atoms with Crippen LogP contribution in [0.5, 0.6) is 0 Å². The third-order valence-corrected chi connectivity index (χ3v) is 5.93. The lowest BCUT2D eigenvalue weighted by Gasteiger charge is -2.31. The summed E-state index contributed by atoms with van der Waals surface area (Å²) in [4.78, 5) is 31.6. The average Bonchev–Trinajstić information content (AvgIpc) is 3.48. The summed E-state index contributed by atoms with van der Waals surface area (Å²) in [5.41, 5.74) is 2.35. The highest BCUT2D eigenvalue weighted by Gasteiger charge is 2.28. The van der Waals surface area contributed by atoms with Gasteiger partial charge in [0.15, 0.2) is 5.69 Å². The molecule has 2 aromatic heterocycles. The van der Waals surface area contributed by atoms with E-state index in [1.54, 1.807) is 17.0 Å². The zero-order valence-electron chi connectivity index (χ0n) is 15.7. The highest BCUT2D eigenvalue weighted by Crippen LogP contribution is 2.38. The third kappa shape index (κ3) is 3.21. The van der Waals surface area contributed by atoms with E-state index in [1.807, 2.05) is 29.2 Å². The maximum Gasteiger partial charge on any atom is 0.274 e. The number of piperidine rings is 1. The zero-order valence-corrected chi connectivity index (χ0v) is 15.7. The summed E-state index contributed by atoms with van der Waals surface area (Å²) in [5.74, 6) is 0.851. The Labute approximate surface area is 162 Å². The number of para-hydroxylation sites is 1. The van der Waals surface area contributed by atoms with Gasteiger partial charge in [-0.05, 0) is 37.7 Å². The molecule has 0 spiro atoms. The van der Waals surface area contributed by atoms with Gasteiger partial charge >= 0.3 is 0 Å². The van der Waals surface area contributed by atoms with Gasteiger partial charge in [0.25, 0.3) is 11.5 Å². The van der Waals surface area contributed by atoms with E-state index >= 15 is 0 Å². The molecule has 3 heterocycles. The van der Waals surface area contributed by atoms with Gasteiger partial charge in [-0.2, -0.15) is 5.10 Å². The van der Waals surface area contributed by atoms with Crippen LogP contribution >= 0.6 is 0 Å². The Morgan fingerprint density at radius 1 is 1.14 bits per heavy atom. The topological polar surface area (TPSA) is 83.9 Å². The lowest BCUT2D eigenvalue weighted by molar-refractivity contribution is 0.0678. The van der Waals surface area contributed by atoms with Gasteiger partial charge in [-0.1, -0.05) is 18.2 Å². The molecule has 2 aliphatic rings. The Morgan fingerprint density at radius 2 is 1.93 bits per heavy atom. The van der Waals surface area contributed by atoms with Crippen molar-refractivity contribution in [2.24, 2.45) is 5.92 Å². The number of carbonyl (C=O) groups excluding carboxylic acids is 1. The number of aromatic nitrogens is 4. The molecule has 1 saturated carbocycles. The van der Waals surface area contributed by atoms with E-state index in [9.17, 15) is 9.59 Å². The van der Waals surface area contributed by atoms with Gasteiger partial charge in [-0.3, -0.25) is 19.3 Å². The number of aromatic amines is 1. The standard InChI is InChI=1S/C21H23N5O2/c27-19-11-18(15-5-6-15)22-13-26(19)12-14-7-9-25(10-8-14)21(28)20-16-3-1-2-4-17(16)23-24-20/h1-4,11,13-15H,5-10,12H2,(H,23,24). The van der Waals surface area contributed by atoms with Gasteiger partial charge in [0.2, 0.25) is 0 Å². The molecule has 0 atom stereocenters. The molecule has 144 valence electrons. The molecule has 2 fully saturated rings. The van der Waals surface area contributed by atoms with Crippen molar-refractivity contribution in [3.63, 3.8) is 0 Å². The predicted octanol–water partition coefficient (Wildman–Crippen LogP) is 2.55.